The highest BCUT2D eigenvalue weighted by molar-refractivity contribution is 7.99. The molecule has 1 saturated heterocycles. The van der Waals surface area contributed by atoms with E-state index < -0.39 is 0 Å². The molecule has 0 aromatic heterocycles. The van der Waals surface area contributed by atoms with Crippen molar-refractivity contribution in [2.24, 2.45) is 5.92 Å². The lowest BCUT2D eigenvalue weighted by Gasteiger charge is -2.33. The fourth-order valence-corrected chi connectivity index (χ4v) is 4.61. The largest absolute Gasteiger partial charge is 0.371 e. The number of aryl methyl sites for hydroxylation is 1. The summed E-state index contributed by atoms with van der Waals surface area (Å²) in [4.78, 5) is 14.8. The molecule has 0 bridgehead atoms. The van der Waals surface area contributed by atoms with Crippen LogP contribution in [0.1, 0.15) is 49.4 Å². The predicted octanol–water partition coefficient (Wildman–Crippen LogP) is 5.34. The zero-order valence-corrected chi connectivity index (χ0v) is 18.1. The maximum absolute atomic E-state index is 12.3. The third-order valence-corrected chi connectivity index (χ3v) is 6.38. The van der Waals surface area contributed by atoms with Crippen LogP contribution in [0.25, 0.3) is 0 Å². The van der Waals surface area contributed by atoms with Crippen molar-refractivity contribution in [3.8, 4) is 0 Å². The number of carbonyl (C=O) groups is 1. The highest BCUT2D eigenvalue weighted by atomic mass is 32.2. The number of benzene rings is 2. The van der Waals surface area contributed by atoms with Crippen LogP contribution >= 0.6 is 11.8 Å². The lowest BCUT2D eigenvalue weighted by molar-refractivity contribution is -0.119. The first-order chi connectivity index (χ1) is 13.5. The maximum atomic E-state index is 12.3. The lowest BCUT2D eigenvalue weighted by atomic mass is 9.99. The van der Waals surface area contributed by atoms with Gasteiger partial charge < -0.3 is 10.2 Å². The summed E-state index contributed by atoms with van der Waals surface area (Å²) in [6, 6.07) is 17.2. The van der Waals surface area contributed by atoms with Crippen LogP contribution in [0.5, 0.6) is 0 Å². The van der Waals surface area contributed by atoms with Gasteiger partial charge in [-0.3, -0.25) is 4.79 Å². The number of nitrogens with one attached hydrogen (secondary N) is 1. The number of carbonyl (C=O) groups excluding carboxylic acids is 1. The number of hydrogen-bond donors (Lipinski definition) is 1. The van der Waals surface area contributed by atoms with E-state index in [4.69, 9.17) is 0 Å². The zero-order chi connectivity index (χ0) is 19.9. The second-order valence-electron chi connectivity index (χ2n) is 8.06. The van der Waals surface area contributed by atoms with E-state index in [-0.39, 0.29) is 11.9 Å². The van der Waals surface area contributed by atoms with Crippen LogP contribution in [0.4, 0.5) is 5.69 Å². The van der Waals surface area contributed by atoms with Crippen molar-refractivity contribution in [3.05, 3.63) is 65.2 Å². The van der Waals surface area contributed by atoms with Gasteiger partial charge in [-0.2, -0.15) is 0 Å². The lowest BCUT2D eigenvalue weighted by Crippen LogP contribution is -2.34. The van der Waals surface area contributed by atoms with Gasteiger partial charge in [0, 0.05) is 24.5 Å². The van der Waals surface area contributed by atoms with E-state index in [1.807, 2.05) is 0 Å². The highest BCUT2D eigenvalue weighted by Crippen LogP contribution is 2.24. The van der Waals surface area contributed by atoms with E-state index >= 15 is 0 Å². The molecule has 0 aliphatic carbocycles. The number of piperidine rings is 1. The number of thioether (sulfide) groups is 1. The van der Waals surface area contributed by atoms with Gasteiger partial charge in [-0.15, -0.1) is 11.8 Å². The van der Waals surface area contributed by atoms with Crippen molar-refractivity contribution in [1.82, 2.24) is 5.32 Å². The molecule has 0 spiro atoms. The molecule has 0 radical (unpaired) electrons. The van der Waals surface area contributed by atoms with Crippen molar-refractivity contribution < 1.29 is 4.79 Å². The first kappa shape index (κ1) is 20.8. The van der Waals surface area contributed by atoms with Gasteiger partial charge in [0.2, 0.25) is 5.91 Å². The molecule has 3 rings (SSSR count). The number of hydrogen-bond acceptors (Lipinski definition) is 3. The number of amides is 1. The molecule has 1 N–H and O–H groups in total. The van der Waals surface area contributed by atoms with E-state index in [1.165, 1.54) is 29.7 Å². The fraction of sp³-hybridized carbons (Fsp3) is 0.458. The zero-order valence-electron chi connectivity index (χ0n) is 17.3. The number of anilines is 1. The molecule has 1 amide bonds. The second kappa shape index (κ2) is 10.0. The summed E-state index contributed by atoms with van der Waals surface area (Å²) in [6.45, 7) is 8.77. The molecule has 1 heterocycles. The smallest absolute Gasteiger partial charge is 0.230 e. The first-order valence-electron chi connectivity index (χ1n) is 10.3. The molecule has 1 aliphatic heterocycles. The van der Waals surface area contributed by atoms with Gasteiger partial charge in [-0.25, -0.2) is 0 Å². The average Bonchev–Trinajstić information content (AvgIpc) is 2.68. The van der Waals surface area contributed by atoms with Crippen molar-refractivity contribution in [1.29, 1.82) is 0 Å². The Morgan fingerprint density at radius 2 is 2.04 bits per heavy atom. The van der Waals surface area contributed by atoms with E-state index in [9.17, 15) is 4.79 Å². The van der Waals surface area contributed by atoms with Crippen molar-refractivity contribution in [2.75, 3.05) is 23.7 Å². The van der Waals surface area contributed by atoms with Crippen molar-refractivity contribution in [3.63, 3.8) is 0 Å². The van der Waals surface area contributed by atoms with Crippen LogP contribution in [0.2, 0.25) is 0 Å². The van der Waals surface area contributed by atoms with E-state index in [2.05, 4.69) is 79.5 Å². The molecule has 1 fully saturated rings. The molecular formula is C24H32N2OS. The van der Waals surface area contributed by atoms with Gasteiger partial charge in [0.15, 0.2) is 0 Å². The predicted molar refractivity (Wildman–Crippen MR) is 121 cm³/mol. The summed E-state index contributed by atoms with van der Waals surface area (Å²) in [7, 11) is 0. The van der Waals surface area contributed by atoms with Crippen LogP contribution < -0.4 is 10.2 Å². The summed E-state index contributed by atoms with van der Waals surface area (Å²) in [5.41, 5.74) is 4.99. The van der Waals surface area contributed by atoms with E-state index in [0.717, 1.165) is 30.3 Å². The highest BCUT2D eigenvalue weighted by Gasteiger charge is 2.17. The molecule has 2 atom stereocenters. The monoisotopic (exact) mass is 396 g/mol. The summed E-state index contributed by atoms with van der Waals surface area (Å²) in [6.07, 6.45) is 2.61. The SMILES string of the molecule is Cc1cccc(CSCC(=O)NC(C)c2ccc(N3CCCC(C)C3)cc2)c1. The Balaban J connectivity index is 1.45. The van der Waals surface area contributed by atoms with E-state index in [0.29, 0.717) is 5.75 Å². The Morgan fingerprint density at radius 1 is 1.25 bits per heavy atom. The minimum atomic E-state index is 0.0291. The van der Waals surface area contributed by atoms with Gasteiger partial charge in [0.05, 0.1) is 11.8 Å². The molecule has 4 heteroatoms. The molecule has 150 valence electrons. The van der Waals surface area contributed by atoms with Crippen molar-refractivity contribution in [2.45, 2.75) is 45.4 Å². The van der Waals surface area contributed by atoms with Crippen molar-refractivity contribution >= 4 is 23.4 Å². The quantitative estimate of drug-likeness (QED) is 0.685. The average molecular weight is 397 g/mol. The number of rotatable bonds is 7. The minimum Gasteiger partial charge on any atom is -0.371 e. The Labute approximate surface area is 173 Å². The van der Waals surface area contributed by atoms with Crippen LogP contribution in [-0.4, -0.2) is 24.7 Å². The molecule has 3 nitrogen and oxygen atoms in total. The molecule has 0 saturated carbocycles. The third kappa shape index (κ3) is 6.03. The Bertz CT molecular complexity index is 774. The molecule has 2 unspecified atom stereocenters. The molecular weight excluding hydrogens is 364 g/mol. The van der Waals surface area contributed by atoms with Crippen LogP contribution in [0.15, 0.2) is 48.5 Å². The first-order valence-corrected chi connectivity index (χ1v) is 11.4. The van der Waals surface area contributed by atoms with Crippen LogP contribution in [0, 0.1) is 12.8 Å². The topological polar surface area (TPSA) is 32.3 Å². The van der Waals surface area contributed by atoms with E-state index in [1.54, 1.807) is 11.8 Å². The maximum Gasteiger partial charge on any atom is 0.230 e. The second-order valence-corrected chi connectivity index (χ2v) is 9.04. The molecule has 2 aromatic carbocycles. The van der Waals surface area contributed by atoms with Crippen LogP contribution in [-0.2, 0) is 10.5 Å². The molecule has 2 aromatic rings. The summed E-state index contributed by atoms with van der Waals surface area (Å²) < 4.78 is 0. The summed E-state index contributed by atoms with van der Waals surface area (Å²) >= 11 is 1.66. The van der Waals surface area contributed by atoms with Gasteiger partial charge in [-0.1, -0.05) is 48.9 Å². The van der Waals surface area contributed by atoms with Gasteiger partial charge in [-0.05, 0) is 55.9 Å². The Morgan fingerprint density at radius 3 is 2.75 bits per heavy atom. The summed E-state index contributed by atoms with van der Waals surface area (Å²) in [5.74, 6) is 2.22. The summed E-state index contributed by atoms with van der Waals surface area (Å²) in [5, 5.41) is 3.13. The molecule has 28 heavy (non-hydrogen) atoms. The standard InChI is InChI=1S/C24H32N2OS/c1-18-6-4-8-21(14-18)16-28-17-24(27)25-20(3)22-9-11-23(12-10-22)26-13-5-7-19(2)15-26/h4,6,8-12,14,19-20H,5,7,13,15-17H2,1-3H3,(H,25,27). The number of nitrogens with zero attached hydrogens (tertiary/aromatic N) is 1. The van der Waals surface area contributed by atoms with Gasteiger partial charge in [0.25, 0.3) is 0 Å². The Kier molecular flexibility index (Phi) is 7.43. The molecule has 1 aliphatic rings. The fourth-order valence-electron chi connectivity index (χ4n) is 3.83. The normalized spacial score (nSPS) is 18.0. The van der Waals surface area contributed by atoms with Crippen LogP contribution in [0.3, 0.4) is 0 Å². The Hall–Kier alpha value is -1.94. The third-order valence-electron chi connectivity index (χ3n) is 5.38. The minimum absolute atomic E-state index is 0.0291. The van der Waals surface area contributed by atoms with Gasteiger partial charge in [0.1, 0.15) is 0 Å². The van der Waals surface area contributed by atoms with Gasteiger partial charge >= 0.3 is 0 Å².